The first-order valence-electron chi connectivity index (χ1n) is 2.32. The van der Waals surface area contributed by atoms with Crippen LogP contribution in [0.2, 0.25) is 0 Å². The lowest BCUT2D eigenvalue weighted by atomic mass is 10.4. The Hall–Kier alpha value is -0.900. The Bertz CT molecular complexity index is 146. The van der Waals surface area contributed by atoms with E-state index in [1.54, 1.807) is 0 Å². The first kappa shape index (κ1) is 5.24. The van der Waals surface area contributed by atoms with Crippen molar-refractivity contribution in [1.82, 2.24) is 15.2 Å². The molecule has 0 aliphatic rings. The Kier molecular flexibility index (Phi) is 1.26. The molecule has 1 radical (unpaired) electrons. The maximum atomic E-state index is 10.5. The van der Waals surface area contributed by atoms with Gasteiger partial charge >= 0.3 is 0 Å². The zero-order valence-corrected chi connectivity index (χ0v) is 4.46. The van der Waals surface area contributed by atoms with Gasteiger partial charge in [-0.25, -0.2) is 5.11 Å². The predicted octanol–water partition coefficient (Wildman–Crippen LogP) is 0.296. The van der Waals surface area contributed by atoms with Crippen molar-refractivity contribution in [3.05, 3.63) is 12.2 Å². The van der Waals surface area contributed by atoms with Crippen LogP contribution in [0, 0.1) is 0 Å². The van der Waals surface area contributed by atoms with Gasteiger partial charge in [-0.05, 0) is 6.92 Å². The average Bonchev–Trinajstić information content (AvgIpc) is 2.12. The molecule has 0 spiro atoms. The van der Waals surface area contributed by atoms with Gasteiger partial charge in [0.15, 0.2) is 5.82 Å². The van der Waals surface area contributed by atoms with E-state index in [1.165, 1.54) is 13.3 Å². The lowest BCUT2D eigenvalue weighted by Crippen LogP contribution is -1.90. The summed E-state index contributed by atoms with van der Waals surface area (Å²) >= 11 is 0. The van der Waals surface area contributed by atoms with E-state index in [0.717, 1.165) is 0 Å². The molecule has 0 aliphatic carbocycles. The van der Waals surface area contributed by atoms with Gasteiger partial charge in [0.1, 0.15) is 12.4 Å². The van der Waals surface area contributed by atoms with Crippen molar-refractivity contribution < 1.29 is 5.11 Å². The largest absolute Gasteiger partial charge is 0.329 e. The van der Waals surface area contributed by atoms with E-state index in [2.05, 4.69) is 15.2 Å². The van der Waals surface area contributed by atoms with E-state index >= 15 is 0 Å². The van der Waals surface area contributed by atoms with Gasteiger partial charge in [-0.1, -0.05) is 0 Å². The van der Waals surface area contributed by atoms with Crippen LogP contribution in [0.3, 0.4) is 0 Å². The monoisotopic (exact) mass is 112 g/mol. The van der Waals surface area contributed by atoms with Crippen molar-refractivity contribution in [1.29, 1.82) is 0 Å². The molecule has 8 heavy (non-hydrogen) atoms. The van der Waals surface area contributed by atoms with Gasteiger partial charge in [-0.2, -0.15) is 0 Å². The highest BCUT2D eigenvalue weighted by Crippen LogP contribution is 2.01. The van der Waals surface area contributed by atoms with Crippen molar-refractivity contribution in [2.75, 3.05) is 0 Å². The minimum absolute atomic E-state index is 0.394. The van der Waals surface area contributed by atoms with Gasteiger partial charge in [0.25, 0.3) is 0 Å². The molecule has 43 valence electrons. The van der Waals surface area contributed by atoms with Crippen LogP contribution in [0.4, 0.5) is 0 Å². The van der Waals surface area contributed by atoms with Crippen LogP contribution < -0.4 is 0 Å². The highest BCUT2D eigenvalue weighted by atomic mass is 16.3. The van der Waals surface area contributed by atoms with Crippen LogP contribution in [-0.2, 0) is 5.11 Å². The van der Waals surface area contributed by atoms with Gasteiger partial charge in [0.2, 0.25) is 0 Å². The summed E-state index contributed by atoms with van der Waals surface area (Å²) in [5, 5.41) is 17.4. The molecule has 0 bridgehead atoms. The molecule has 1 N–H and O–H groups in total. The van der Waals surface area contributed by atoms with E-state index in [1.807, 2.05) is 0 Å². The molecule has 0 aromatic carbocycles. The van der Waals surface area contributed by atoms with E-state index in [9.17, 15) is 5.11 Å². The second kappa shape index (κ2) is 1.92. The molecule has 4 heteroatoms. The lowest BCUT2D eigenvalue weighted by molar-refractivity contribution is 0.0986. The fourth-order valence-corrected chi connectivity index (χ4v) is 0.414. The van der Waals surface area contributed by atoms with Crippen LogP contribution >= 0.6 is 0 Å². The molecule has 0 fully saturated rings. The third kappa shape index (κ3) is 0.840. The molecule has 1 aromatic rings. The molecular weight excluding hydrogens is 106 g/mol. The van der Waals surface area contributed by atoms with Crippen molar-refractivity contribution in [2.24, 2.45) is 0 Å². The fourth-order valence-electron chi connectivity index (χ4n) is 0.414. The Morgan fingerprint density at radius 3 is 2.88 bits per heavy atom. The summed E-state index contributed by atoms with van der Waals surface area (Å²) in [7, 11) is 0. The summed E-state index contributed by atoms with van der Waals surface area (Å²) in [6.45, 7) is 1.51. The Morgan fingerprint density at radius 2 is 2.62 bits per heavy atom. The van der Waals surface area contributed by atoms with E-state index in [4.69, 9.17) is 0 Å². The molecule has 1 unspecified atom stereocenters. The van der Waals surface area contributed by atoms with Gasteiger partial charge in [0, 0.05) is 0 Å². The smallest absolute Gasteiger partial charge is 0.162 e. The van der Waals surface area contributed by atoms with Crippen LogP contribution in [-0.4, -0.2) is 15.2 Å². The van der Waals surface area contributed by atoms with Crippen molar-refractivity contribution in [2.45, 2.75) is 13.0 Å². The number of nitrogens with one attached hydrogen (secondary N) is 1. The zero-order valence-electron chi connectivity index (χ0n) is 4.46. The molecule has 1 rings (SSSR count). The fraction of sp³-hybridized carbons (Fsp3) is 0.500. The number of H-pyrrole nitrogens is 1. The summed E-state index contributed by atoms with van der Waals surface area (Å²) in [6, 6.07) is 0. The molecule has 0 saturated heterocycles. The van der Waals surface area contributed by atoms with Crippen molar-refractivity contribution in [3.63, 3.8) is 0 Å². The molecule has 1 atom stereocenters. The highest BCUT2D eigenvalue weighted by Gasteiger charge is 2.02. The summed E-state index contributed by atoms with van der Waals surface area (Å²) in [6.07, 6.45) is 0.599. The van der Waals surface area contributed by atoms with Crippen LogP contribution in [0.1, 0.15) is 18.9 Å². The standard InChI is InChI=1S/C4H6N3O/c1-3(8)4-5-2-6-7-4/h2-3H,1H3,(H,5,6,7). The summed E-state index contributed by atoms with van der Waals surface area (Å²) in [4.78, 5) is 2.60. The maximum Gasteiger partial charge on any atom is 0.162 e. The van der Waals surface area contributed by atoms with Crippen LogP contribution in [0.15, 0.2) is 6.33 Å². The summed E-state index contributed by atoms with van der Waals surface area (Å²) in [5.41, 5.74) is 0. The highest BCUT2D eigenvalue weighted by molar-refractivity contribution is 4.82. The quantitative estimate of drug-likeness (QED) is 0.567. The normalized spacial score (nSPS) is 13.8. The number of hydrogen-bond acceptors (Lipinski definition) is 2. The second-order valence-electron chi connectivity index (χ2n) is 1.52. The van der Waals surface area contributed by atoms with Gasteiger partial charge in [-0.3, -0.25) is 0 Å². The molecule has 0 amide bonds. The molecule has 0 saturated carbocycles. The summed E-state index contributed by atoms with van der Waals surface area (Å²) < 4.78 is 0. The van der Waals surface area contributed by atoms with Gasteiger partial charge < -0.3 is 4.98 Å². The maximum absolute atomic E-state index is 10.5. The molecule has 1 heterocycles. The Balaban J connectivity index is 2.77. The Labute approximate surface area is 46.6 Å². The number of aromatic amines is 1. The predicted molar refractivity (Wildman–Crippen MR) is 25.5 cm³/mol. The van der Waals surface area contributed by atoms with Crippen LogP contribution in [0.5, 0.6) is 0 Å². The zero-order chi connectivity index (χ0) is 5.98. The van der Waals surface area contributed by atoms with E-state index in [0.29, 0.717) is 5.82 Å². The second-order valence-corrected chi connectivity index (χ2v) is 1.52. The number of rotatable bonds is 1. The van der Waals surface area contributed by atoms with Crippen molar-refractivity contribution >= 4 is 0 Å². The number of aromatic nitrogens is 3. The SMILES string of the molecule is CC([O])c1nnc[nH]1. The third-order valence-electron chi connectivity index (χ3n) is 0.821. The van der Waals surface area contributed by atoms with E-state index < -0.39 is 6.10 Å². The lowest BCUT2D eigenvalue weighted by Gasteiger charge is -1.89. The molecule has 4 nitrogen and oxygen atoms in total. The van der Waals surface area contributed by atoms with Crippen LogP contribution in [0.25, 0.3) is 0 Å². The van der Waals surface area contributed by atoms with Gasteiger partial charge in [0.05, 0.1) is 0 Å². The number of hydrogen-bond donors (Lipinski definition) is 1. The summed E-state index contributed by atoms with van der Waals surface area (Å²) in [5.74, 6) is 0.394. The average molecular weight is 112 g/mol. The third-order valence-corrected chi connectivity index (χ3v) is 0.821. The first-order chi connectivity index (χ1) is 3.80. The molecule has 0 aliphatic heterocycles. The molecular formula is C4H6N3O. The van der Waals surface area contributed by atoms with Crippen molar-refractivity contribution in [3.8, 4) is 0 Å². The molecule has 1 aromatic heterocycles. The topological polar surface area (TPSA) is 61.5 Å². The Morgan fingerprint density at radius 1 is 1.88 bits per heavy atom. The van der Waals surface area contributed by atoms with E-state index in [-0.39, 0.29) is 0 Å². The van der Waals surface area contributed by atoms with Gasteiger partial charge in [-0.15, -0.1) is 10.2 Å². The number of nitrogens with zero attached hydrogens (tertiary/aromatic N) is 2. The minimum atomic E-state index is -0.794. The first-order valence-corrected chi connectivity index (χ1v) is 2.32. The minimum Gasteiger partial charge on any atom is -0.329 e.